The van der Waals surface area contributed by atoms with Crippen molar-refractivity contribution in [2.45, 2.75) is 26.2 Å². The smallest absolute Gasteiger partial charge is 0.266 e. The van der Waals surface area contributed by atoms with Crippen LogP contribution in [-0.2, 0) is 4.79 Å². The second-order valence-electron chi connectivity index (χ2n) is 7.15. The molecule has 3 aromatic rings. The predicted octanol–water partition coefficient (Wildman–Crippen LogP) is 5.10. The minimum Gasteiger partial charge on any atom is -0.497 e. The Bertz CT molecular complexity index is 1100. The summed E-state index contributed by atoms with van der Waals surface area (Å²) in [6.45, 7) is 3.91. The van der Waals surface area contributed by atoms with Crippen LogP contribution in [0.1, 0.15) is 44.3 Å². The largest absolute Gasteiger partial charge is 0.497 e. The van der Waals surface area contributed by atoms with Crippen molar-refractivity contribution in [3.63, 3.8) is 0 Å². The molecule has 2 aromatic carbocycles. The number of fused-ring (bicyclic) bond motifs is 1. The van der Waals surface area contributed by atoms with E-state index in [1.807, 2.05) is 62.4 Å². The molecule has 148 valence electrons. The van der Waals surface area contributed by atoms with Crippen LogP contribution in [-0.4, -0.2) is 18.9 Å². The number of amides is 2. The highest BCUT2D eigenvalue weighted by Gasteiger charge is 2.33. The van der Waals surface area contributed by atoms with Gasteiger partial charge in [0.2, 0.25) is 5.91 Å². The molecule has 0 unspecified atom stereocenters. The van der Waals surface area contributed by atoms with Crippen LogP contribution in [0.5, 0.6) is 5.75 Å². The highest BCUT2D eigenvalue weighted by Crippen LogP contribution is 2.45. The van der Waals surface area contributed by atoms with Gasteiger partial charge < -0.3 is 15.4 Å². The van der Waals surface area contributed by atoms with Crippen LogP contribution >= 0.6 is 11.3 Å². The Morgan fingerprint density at radius 2 is 1.97 bits per heavy atom. The lowest BCUT2D eigenvalue weighted by molar-refractivity contribution is -0.116. The van der Waals surface area contributed by atoms with Crippen LogP contribution in [0.2, 0.25) is 0 Å². The number of hydrogen-bond acceptors (Lipinski definition) is 4. The number of aryl methyl sites for hydroxylation is 1. The maximum atomic E-state index is 13.0. The summed E-state index contributed by atoms with van der Waals surface area (Å²) < 4.78 is 5.35. The molecule has 2 heterocycles. The number of methoxy groups -OCH3 is 1. The third-order valence-corrected chi connectivity index (χ3v) is 6.50. The van der Waals surface area contributed by atoms with Crippen molar-refractivity contribution in [3.8, 4) is 5.75 Å². The first-order valence-corrected chi connectivity index (χ1v) is 10.2. The van der Waals surface area contributed by atoms with Crippen molar-refractivity contribution in [2.24, 2.45) is 0 Å². The molecule has 0 saturated heterocycles. The van der Waals surface area contributed by atoms with E-state index in [0.29, 0.717) is 11.3 Å². The molecule has 29 heavy (non-hydrogen) atoms. The molecule has 6 heteroatoms. The number of para-hydroxylation sites is 1. The van der Waals surface area contributed by atoms with E-state index in [1.165, 1.54) is 11.3 Å². The average Bonchev–Trinajstić information content (AvgIpc) is 3.05. The van der Waals surface area contributed by atoms with Gasteiger partial charge in [-0.2, -0.15) is 0 Å². The number of ether oxygens (including phenoxy) is 1. The van der Waals surface area contributed by atoms with Gasteiger partial charge in [0, 0.05) is 18.0 Å². The lowest BCUT2D eigenvalue weighted by atomic mass is 9.85. The van der Waals surface area contributed by atoms with Gasteiger partial charge in [0.05, 0.1) is 17.0 Å². The number of nitrogens with one attached hydrogen (secondary N) is 2. The summed E-state index contributed by atoms with van der Waals surface area (Å²) in [7, 11) is 1.63. The van der Waals surface area contributed by atoms with Crippen LogP contribution in [0, 0.1) is 13.8 Å². The number of thiophene rings is 1. The van der Waals surface area contributed by atoms with Crippen molar-refractivity contribution in [1.29, 1.82) is 0 Å². The summed E-state index contributed by atoms with van der Waals surface area (Å²) in [6.07, 6.45) is 0.344. The van der Waals surface area contributed by atoms with Crippen molar-refractivity contribution in [1.82, 2.24) is 0 Å². The molecule has 1 atom stereocenters. The van der Waals surface area contributed by atoms with Crippen molar-refractivity contribution in [3.05, 3.63) is 75.7 Å². The van der Waals surface area contributed by atoms with Gasteiger partial charge >= 0.3 is 0 Å². The summed E-state index contributed by atoms with van der Waals surface area (Å²) in [5.41, 5.74) is 4.72. The van der Waals surface area contributed by atoms with Crippen LogP contribution in [0.4, 0.5) is 10.7 Å². The summed E-state index contributed by atoms with van der Waals surface area (Å²) in [5, 5.41) is 6.70. The number of carbonyl (C=O) groups excluding carboxylic acids is 2. The van der Waals surface area contributed by atoms with Gasteiger partial charge in [0.15, 0.2) is 0 Å². The lowest BCUT2D eigenvalue weighted by Gasteiger charge is -2.24. The zero-order valence-electron chi connectivity index (χ0n) is 16.5. The zero-order valence-corrected chi connectivity index (χ0v) is 17.4. The molecule has 0 aliphatic carbocycles. The predicted molar refractivity (Wildman–Crippen MR) is 116 cm³/mol. The fourth-order valence-corrected chi connectivity index (χ4v) is 4.94. The molecule has 1 aromatic heterocycles. The summed E-state index contributed by atoms with van der Waals surface area (Å²) in [6, 6.07) is 15.4. The minimum absolute atomic E-state index is 0.0440. The molecule has 0 spiro atoms. The molecule has 2 amide bonds. The number of rotatable bonds is 4. The highest BCUT2D eigenvalue weighted by molar-refractivity contribution is 7.18. The normalized spacial score (nSPS) is 15.4. The first-order valence-electron chi connectivity index (χ1n) is 9.42. The Labute approximate surface area is 173 Å². The third-order valence-electron chi connectivity index (χ3n) is 5.28. The fourth-order valence-electron chi connectivity index (χ4n) is 3.76. The second kappa shape index (κ2) is 7.72. The van der Waals surface area contributed by atoms with E-state index < -0.39 is 0 Å². The SMILES string of the molecule is COc1cccc([C@H]2CC(=O)Nc3sc(C(=O)Nc4ccccc4C)c(C)c32)c1. The average molecular weight is 407 g/mol. The molecule has 2 N–H and O–H groups in total. The van der Waals surface area contributed by atoms with E-state index in [0.717, 1.165) is 38.7 Å². The first kappa shape index (κ1) is 19.2. The monoisotopic (exact) mass is 406 g/mol. The topological polar surface area (TPSA) is 67.4 Å². The van der Waals surface area contributed by atoms with Gasteiger partial charge in [-0.05, 0) is 54.3 Å². The molecule has 5 nitrogen and oxygen atoms in total. The molecular weight excluding hydrogens is 384 g/mol. The molecule has 4 rings (SSSR count). The number of carbonyl (C=O) groups is 2. The molecule has 1 aliphatic heterocycles. The van der Waals surface area contributed by atoms with E-state index in [2.05, 4.69) is 10.6 Å². The Morgan fingerprint density at radius 1 is 1.17 bits per heavy atom. The molecule has 0 fully saturated rings. The second-order valence-corrected chi connectivity index (χ2v) is 8.17. The Hall–Kier alpha value is -3.12. The Morgan fingerprint density at radius 3 is 2.72 bits per heavy atom. The van der Waals surface area contributed by atoms with Gasteiger partial charge in [0.1, 0.15) is 5.75 Å². The minimum atomic E-state index is -0.158. The lowest BCUT2D eigenvalue weighted by Crippen LogP contribution is -2.22. The maximum absolute atomic E-state index is 13.0. The Balaban J connectivity index is 1.72. The summed E-state index contributed by atoms with van der Waals surface area (Å²) in [5.74, 6) is 0.442. The van der Waals surface area contributed by atoms with Crippen molar-refractivity contribution in [2.75, 3.05) is 17.7 Å². The fraction of sp³-hybridized carbons (Fsp3) is 0.217. The third kappa shape index (κ3) is 3.63. The van der Waals surface area contributed by atoms with Crippen LogP contribution in [0.15, 0.2) is 48.5 Å². The van der Waals surface area contributed by atoms with Crippen molar-refractivity contribution < 1.29 is 14.3 Å². The molecular formula is C23H22N2O3S. The molecule has 1 aliphatic rings. The van der Waals surface area contributed by atoms with Crippen molar-refractivity contribution >= 4 is 33.8 Å². The standard InChI is InChI=1S/C23H22N2O3S/c1-13-7-4-5-10-18(13)24-22(27)21-14(2)20-17(12-19(26)25-23(20)29-21)15-8-6-9-16(11-15)28-3/h4-11,17H,12H2,1-3H3,(H,24,27)(H,25,26)/t17-/m1/s1. The summed E-state index contributed by atoms with van der Waals surface area (Å²) >= 11 is 1.33. The highest BCUT2D eigenvalue weighted by atomic mass is 32.1. The molecule has 0 saturated carbocycles. The molecule has 0 bridgehead atoms. The van der Waals surface area contributed by atoms with Crippen LogP contribution in [0.3, 0.4) is 0 Å². The maximum Gasteiger partial charge on any atom is 0.266 e. The first-order chi connectivity index (χ1) is 14.0. The summed E-state index contributed by atoms with van der Waals surface area (Å²) in [4.78, 5) is 26.0. The van der Waals surface area contributed by atoms with Gasteiger partial charge in [-0.3, -0.25) is 9.59 Å². The molecule has 0 radical (unpaired) electrons. The number of anilines is 2. The number of benzene rings is 2. The zero-order chi connectivity index (χ0) is 20.5. The van der Waals surface area contributed by atoms with Crippen LogP contribution in [0.25, 0.3) is 0 Å². The van der Waals surface area contributed by atoms with Gasteiger partial charge in [-0.1, -0.05) is 30.3 Å². The van der Waals surface area contributed by atoms with E-state index in [1.54, 1.807) is 7.11 Å². The van der Waals surface area contributed by atoms with Gasteiger partial charge in [-0.15, -0.1) is 11.3 Å². The van der Waals surface area contributed by atoms with Gasteiger partial charge in [0.25, 0.3) is 5.91 Å². The van der Waals surface area contributed by atoms with Crippen LogP contribution < -0.4 is 15.4 Å². The van der Waals surface area contributed by atoms with E-state index in [-0.39, 0.29) is 17.7 Å². The Kier molecular flexibility index (Phi) is 5.11. The van der Waals surface area contributed by atoms with E-state index >= 15 is 0 Å². The van der Waals surface area contributed by atoms with E-state index in [9.17, 15) is 9.59 Å². The number of hydrogen-bond donors (Lipinski definition) is 2. The quantitative estimate of drug-likeness (QED) is 0.633. The van der Waals surface area contributed by atoms with Gasteiger partial charge in [-0.25, -0.2) is 0 Å². The van der Waals surface area contributed by atoms with E-state index in [4.69, 9.17) is 4.74 Å².